The summed E-state index contributed by atoms with van der Waals surface area (Å²) < 4.78 is 5.14. The Bertz CT molecular complexity index is 738. The fourth-order valence-corrected chi connectivity index (χ4v) is 2.24. The van der Waals surface area contributed by atoms with Crippen LogP contribution in [0, 0.1) is 0 Å². The first-order valence-electron chi connectivity index (χ1n) is 6.30. The molecule has 0 bridgehead atoms. The molecule has 0 aliphatic carbocycles. The number of aliphatic hydroxyl groups is 1. The van der Waals surface area contributed by atoms with Crippen LogP contribution in [0.25, 0.3) is 10.9 Å². The zero-order valence-corrected chi connectivity index (χ0v) is 11.0. The molecular formula is C16H14N2O2. The second kappa shape index (κ2) is 5.27. The number of hydrogen-bond donors (Lipinski definition) is 1. The monoisotopic (exact) mass is 266 g/mol. The van der Waals surface area contributed by atoms with E-state index in [0.29, 0.717) is 11.3 Å². The highest BCUT2D eigenvalue weighted by molar-refractivity contribution is 5.82. The fourth-order valence-electron chi connectivity index (χ4n) is 2.24. The van der Waals surface area contributed by atoms with Crippen molar-refractivity contribution in [2.45, 2.75) is 6.10 Å². The van der Waals surface area contributed by atoms with Gasteiger partial charge in [0, 0.05) is 23.3 Å². The zero-order valence-electron chi connectivity index (χ0n) is 11.0. The molecular weight excluding hydrogens is 252 g/mol. The average molecular weight is 266 g/mol. The molecule has 1 unspecified atom stereocenters. The van der Waals surface area contributed by atoms with Crippen LogP contribution in [0.1, 0.15) is 17.2 Å². The molecule has 0 saturated heterocycles. The molecule has 1 atom stereocenters. The molecule has 0 spiro atoms. The van der Waals surface area contributed by atoms with E-state index >= 15 is 0 Å². The van der Waals surface area contributed by atoms with Crippen LogP contribution in [0.15, 0.2) is 55.0 Å². The van der Waals surface area contributed by atoms with Gasteiger partial charge < -0.3 is 9.84 Å². The Morgan fingerprint density at radius 1 is 1.15 bits per heavy atom. The van der Waals surface area contributed by atoms with Crippen LogP contribution in [0.4, 0.5) is 0 Å². The smallest absolute Gasteiger partial charge is 0.137 e. The van der Waals surface area contributed by atoms with Crippen molar-refractivity contribution in [1.29, 1.82) is 0 Å². The van der Waals surface area contributed by atoms with E-state index in [0.717, 1.165) is 16.5 Å². The highest BCUT2D eigenvalue weighted by atomic mass is 16.5. The number of benzene rings is 1. The third-order valence-corrected chi connectivity index (χ3v) is 3.26. The van der Waals surface area contributed by atoms with Gasteiger partial charge in [0.05, 0.1) is 18.8 Å². The van der Waals surface area contributed by atoms with Gasteiger partial charge in [-0.25, -0.2) is 0 Å². The van der Waals surface area contributed by atoms with Gasteiger partial charge in [-0.3, -0.25) is 9.97 Å². The third kappa shape index (κ3) is 2.21. The molecule has 0 radical (unpaired) electrons. The van der Waals surface area contributed by atoms with Crippen molar-refractivity contribution in [1.82, 2.24) is 9.97 Å². The van der Waals surface area contributed by atoms with E-state index in [4.69, 9.17) is 4.74 Å². The minimum atomic E-state index is -0.759. The summed E-state index contributed by atoms with van der Waals surface area (Å²) in [6, 6.07) is 11.3. The van der Waals surface area contributed by atoms with Crippen LogP contribution in [0.3, 0.4) is 0 Å². The number of rotatable bonds is 3. The molecule has 2 heterocycles. The summed E-state index contributed by atoms with van der Waals surface area (Å²) in [5, 5.41) is 11.5. The molecule has 3 rings (SSSR count). The summed E-state index contributed by atoms with van der Waals surface area (Å²) in [4.78, 5) is 8.38. The second-order valence-electron chi connectivity index (χ2n) is 4.48. The molecule has 1 aromatic carbocycles. The molecule has 0 aliphatic heterocycles. The van der Waals surface area contributed by atoms with Gasteiger partial charge in [-0.2, -0.15) is 0 Å². The lowest BCUT2D eigenvalue weighted by Gasteiger charge is -2.14. The molecule has 4 heteroatoms. The molecule has 0 amide bonds. The molecule has 0 aliphatic rings. The SMILES string of the molecule is COc1cncc(C(O)c2cccc3ncccc23)c1. The van der Waals surface area contributed by atoms with Crippen LogP contribution in [0.5, 0.6) is 5.75 Å². The normalized spacial score (nSPS) is 12.3. The van der Waals surface area contributed by atoms with Crippen molar-refractivity contribution >= 4 is 10.9 Å². The summed E-state index contributed by atoms with van der Waals surface area (Å²) >= 11 is 0. The van der Waals surface area contributed by atoms with Gasteiger partial charge in [0.2, 0.25) is 0 Å². The maximum atomic E-state index is 10.6. The van der Waals surface area contributed by atoms with E-state index in [-0.39, 0.29) is 0 Å². The summed E-state index contributed by atoms with van der Waals surface area (Å²) in [5.74, 6) is 0.625. The van der Waals surface area contributed by atoms with Gasteiger partial charge in [0.15, 0.2) is 0 Å². The number of nitrogens with zero attached hydrogens (tertiary/aromatic N) is 2. The predicted molar refractivity (Wildman–Crippen MR) is 76.6 cm³/mol. The fraction of sp³-hybridized carbons (Fsp3) is 0.125. The van der Waals surface area contributed by atoms with Gasteiger partial charge in [-0.1, -0.05) is 18.2 Å². The van der Waals surface area contributed by atoms with Gasteiger partial charge in [-0.15, -0.1) is 0 Å². The number of aliphatic hydroxyl groups excluding tert-OH is 1. The van der Waals surface area contributed by atoms with Crippen molar-refractivity contribution in [3.63, 3.8) is 0 Å². The lowest BCUT2D eigenvalue weighted by atomic mass is 9.99. The van der Waals surface area contributed by atoms with Crippen molar-refractivity contribution in [3.05, 3.63) is 66.1 Å². The standard InChI is InChI=1S/C16H14N2O2/c1-20-12-8-11(9-17-10-12)16(19)14-4-2-6-15-13(14)5-3-7-18-15/h2-10,16,19H,1H3. The molecule has 2 aromatic heterocycles. The first kappa shape index (κ1) is 12.6. The number of fused-ring (bicyclic) bond motifs is 1. The van der Waals surface area contributed by atoms with Crippen molar-refractivity contribution in [3.8, 4) is 5.75 Å². The number of methoxy groups -OCH3 is 1. The second-order valence-corrected chi connectivity index (χ2v) is 4.48. The van der Waals surface area contributed by atoms with Crippen LogP contribution in [-0.2, 0) is 0 Å². The van der Waals surface area contributed by atoms with Crippen LogP contribution < -0.4 is 4.74 Å². The predicted octanol–water partition coefficient (Wildman–Crippen LogP) is 2.72. The van der Waals surface area contributed by atoms with Crippen molar-refractivity contribution < 1.29 is 9.84 Å². The molecule has 3 aromatic rings. The number of pyridine rings is 2. The van der Waals surface area contributed by atoms with Gasteiger partial charge >= 0.3 is 0 Å². The van der Waals surface area contributed by atoms with Gasteiger partial charge in [0.25, 0.3) is 0 Å². The van der Waals surface area contributed by atoms with E-state index in [9.17, 15) is 5.11 Å². The quantitative estimate of drug-likeness (QED) is 0.792. The Morgan fingerprint density at radius 3 is 2.90 bits per heavy atom. The maximum Gasteiger partial charge on any atom is 0.137 e. The summed E-state index contributed by atoms with van der Waals surface area (Å²) in [6.45, 7) is 0. The molecule has 20 heavy (non-hydrogen) atoms. The van der Waals surface area contributed by atoms with E-state index < -0.39 is 6.10 Å². The summed E-state index contributed by atoms with van der Waals surface area (Å²) in [5.41, 5.74) is 2.37. The topological polar surface area (TPSA) is 55.2 Å². The van der Waals surface area contributed by atoms with Crippen molar-refractivity contribution in [2.75, 3.05) is 7.11 Å². The Morgan fingerprint density at radius 2 is 2.05 bits per heavy atom. The van der Waals surface area contributed by atoms with Crippen LogP contribution in [-0.4, -0.2) is 22.2 Å². The van der Waals surface area contributed by atoms with Crippen LogP contribution >= 0.6 is 0 Å². The minimum absolute atomic E-state index is 0.625. The van der Waals surface area contributed by atoms with E-state index in [1.54, 1.807) is 31.8 Å². The zero-order chi connectivity index (χ0) is 13.9. The Balaban J connectivity index is 2.10. The molecule has 0 fully saturated rings. The Hall–Kier alpha value is -2.46. The third-order valence-electron chi connectivity index (χ3n) is 3.26. The summed E-state index contributed by atoms with van der Waals surface area (Å²) in [7, 11) is 1.58. The first-order chi connectivity index (χ1) is 9.79. The lowest BCUT2D eigenvalue weighted by Crippen LogP contribution is -2.02. The highest BCUT2D eigenvalue weighted by Gasteiger charge is 2.14. The van der Waals surface area contributed by atoms with Crippen LogP contribution in [0.2, 0.25) is 0 Å². The maximum absolute atomic E-state index is 10.6. The lowest BCUT2D eigenvalue weighted by molar-refractivity contribution is 0.221. The number of hydrogen-bond acceptors (Lipinski definition) is 4. The number of aromatic nitrogens is 2. The molecule has 4 nitrogen and oxygen atoms in total. The first-order valence-corrected chi connectivity index (χ1v) is 6.30. The van der Waals surface area contributed by atoms with E-state index in [1.165, 1.54) is 0 Å². The average Bonchev–Trinajstić information content (AvgIpc) is 2.53. The van der Waals surface area contributed by atoms with Crippen molar-refractivity contribution in [2.24, 2.45) is 0 Å². The molecule has 100 valence electrons. The minimum Gasteiger partial charge on any atom is -0.495 e. The molecule has 1 N–H and O–H groups in total. The van der Waals surface area contributed by atoms with Gasteiger partial charge in [-0.05, 0) is 23.8 Å². The number of ether oxygens (including phenoxy) is 1. The van der Waals surface area contributed by atoms with E-state index in [2.05, 4.69) is 9.97 Å². The summed E-state index contributed by atoms with van der Waals surface area (Å²) in [6.07, 6.45) is 4.24. The van der Waals surface area contributed by atoms with Gasteiger partial charge in [0.1, 0.15) is 11.9 Å². The van der Waals surface area contributed by atoms with E-state index in [1.807, 2.05) is 30.3 Å². The Kier molecular flexibility index (Phi) is 3.31. The Labute approximate surface area is 116 Å². The molecule has 0 saturated carbocycles. The highest BCUT2D eigenvalue weighted by Crippen LogP contribution is 2.29. The largest absolute Gasteiger partial charge is 0.495 e.